The van der Waals surface area contributed by atoms with E-state index < -0.39 is 17.7 Å². The van der Waals surface area contributed by atoms with Crippen molar-refractivity contribution in [3.05, 3.63) is 58.7 Å². The number of benzene rings is 2. The summed E-state index contributed by atoms with van der Waals surface area (Å²) in [5.41, 5.74) is 1.95. The molecule has 0 aliphatic carbocycles. The van der Waals surface area contributed by atoms with Gasteiger partial charge in [0.1, 0.15) is 11.5 Å². The van der Waals surface area contributed by atoms with Gasteiger partial charge in [-0.3, -0.25) is 9.59 Å². The molecule has 3 rings (SSSR count). The summed E-state index contributed by atoms with van der Waals surface area (Å²) in [5.74, 6) is 0.158. The minimum absolute atomic E-state index is 0.0515. The van der Waals surface area contributed by atoms with Crippen LogP contribution in [-0.4, -0.2) is 74.6 Å². The highest BCUT2D eigenvalue weighted by molar-refractivity contribution is 6.46. The fraction of sp³-hybridized carbons (Fsp3) is 0.407. The van der Waals surface area contributed by atoms with Gasteiger partial charge in [0, 0.05) is 12.1 Å². The maximum absolute atomic E-state index is 13.2. The fourth-order valence-electron chi connectivity index (χ4n) is 4.32. The second kappa shape index (κ2) is 11.3. The largest absolute Gasteiger partial charge is 0.507 e. The van der Waals surface area contributed by atoms with E-state index in [4.69, 9.17) is 14.2 Å². The van der Waals surface area contributed by atoms with Crippen LogP contribution in [0.25, 0.3) is 5.76 Å². The van der Waals surface area contributed by atoms with Crippen molar-refractivity contribution in [1.82, 2.24) is 9.80 Å². The molecule has 188 valence electrons. The van der Waals surface area contributed by atoms with Crippen LogP contribution in [0.4, 0.5) is 0 Å². The summed E-state index contributed by atoms with van der Waals surface area (Å²) in [7, 11) is 7.01. The molecule has 2 aromatic carbocycles. The van der Waals surface area contributed by atoms with E-state index in [1.165, 1.54) is 12.0 Å². The summed E-state index contributed by atoms with van der Waals surface area (Å²) in [6.07, 6.45) is 0.673. The Morgan fingerprint density at radius 1 is 1.03 bits per heavy atom. The van der Waals surface area contributed by atoms with Crippen molar-refractivity contribution in [3.63, 3.8) is 0 Å². The van der Waals surface area contributed by atoms with E-state index >= 15 is 0 Å². The molecule has 1 saturated heterocycles. The minimum atomic E-state index is -0.760. The number of methoxy groups -OCH3 is 2. The molecular weight excluding hydrogens is 448 g/mol. The third kappa shape index (κ3) is 5.43. The van der Waals surface area contributed by atoms with Gasteiger partial charge in [-0.25, -0.2) is 0 Å². The number of amides is 1. The average Bonchev–Trinajstić information content (AvgIpc) is 3.08. The van der Waals surface area contributed by atoms with Gasteiger partial charge in [-0.2, -0.15) is 0 Å². The molecule has 8 heteroatoms. The highest BCUT2D eigenvalue weighted by atomic mass is 16.5. The van der Waals surface area contributed by atoms with Crippen LogP contribution >= 0.6 is 0 Å². The Balaban J connectivity index is 2.15. The molecule has 8 nitrogen and oxygen atoms in total. The normalized spacial score (nSPS) is 17.2. The standard InChI is InChI=1S/C27H34N2O6/c1-7-35-21-12-9-18(16-22(21)34-6)24-23(25(30)19-10-11-20(33-5)17(2)15-19)26(31)27(32)29(24)14-8-13-28(3)4/h9-12,15-16,24,30H,7-8,13-14H2,1-6H3/b25-23-. The van der Waals surface area contributed by atoms with E-state index in [1.54, 1.807) is 43.5 Å². The highest BCUT2D eigenvalue weighted by Gasteiger charge is 2.46. The molecule has 1 unspecified atom stereocenters. The van der Waals surface area contributed by atoms with Crippen molar-refractivity contribution in [1.29, 1.82) is 0 Å². The minimum Gasteiger partial charge on any atom is -0.507 e. The third-order valence-corrected chi connectivity index (χ3v) is 6.02. The van der Waals surface area contributed by atoms with Gasteiger partial charge in [0.25, 0.3) is 11.7 Å². The molecule has 0 bridgehead atoms. The van der Waals surface area contributed by atoms with E-state index in [0.717, 1.165) is 12.1 Å². The third-order valence-electron chi connectivity index (χ3n) is 6.02. The predicted octanol–water partition coefficient (Wildman–Crippen LogP) is 3.78. The van der Waals surface area contributed by atoms with Crippen LogP contribution in [0.1, 0.15) is 36.1 Å². The van der Waals surface area contributed by atoms with E-state index in [-0.39, 0.29) is 11.3 Å². The lowest BCUT2D eigenvalue weighted by molar-refractivity contribution is -0.139. The Hall–Kier alpha value is -3.52. The molecule has 1 N–H and O–H groups in total. The van der Waals surface area contributed by atoms with Gasteiger partial charge >= 0.3 is 0 Å². The van der Waals surface area contributed by atoms with Crippen molar-refractivity contribution in [2.24, 2.45) is 0 Å². The first-order valence-electron chi connectivity index (χ1n) is 11.6. The van der Waals surface area contributed by atoms with Gasteiger partial charge in [-0.15, -0.1) is 0 Å². The van der Waals surface area contributed by atoms with Crippen LogP contribution in [0.5, 0.6) is 17.2 Å². The average molecular weight is 483 g/mol. The Kier molecular flexibility index (Phi) is 8.40. The Labute approximate surface area is 206 Å². The number of carbonyl (C=O) groups is 2. The maximum atomic E-state index is 13.2. The number of ether oxygens (including phenoxy) is 3. The first-order chi connectivity index (χ1) is 16.7. The lowest BCUT2D eigenvalue weighted by Gasteiger charge is -2.26. The molecule has 1 atom stereocenters. The van der Waals surface area contributed by atoms with Crippen LogP contribution in [-0.2, 0) is 9.59 Å². The van der Waals surface area contributed by atoms with Crippen molar-refractivity contribution in [2.45, 2.75) is 26.3 Å². The number of hydrogen-bond acceptors (Lipinski definition) is 7. The van der Waals surface area contributed by atoms with Crippen molar-refractivity contribution in [2.75, 3.05) is 48.0 Å². The monoisotopic (exact) mass is 482 g/mol. The van der Waals surface area contributed by atoms with Crippen LogP contribution < -0.4 is 14.2 Å². The summed E-state index contributed by atoms with van der Waals surface area (Å²) in [6, 6.07) is 9.70. The number of aliphatic hydroxyl groups is 1. The van der Waals surface area contributed by atoms with E-state index in [9.17, 15) is 14.7 Å². The molecule has 1 fully saturated rings. The zero-order chi connectivity index (χ0) is 25.7. The number of ketones is 1. The molecule has 1 aliphatic heterocycles. The van der Waals surface area contributed by atoms with E-state index in [2.05, 4.69) is 0 Å². The quantitative estimate of drug-likeness (QED) is 0.313. The van der Waals surface area contributed by atoms with Crippen LogP contribution in [0, 0.1) is 6.92 Å². The maximum Gasteiger partial charge on any atom is 0.295 e. The number of nitrogens with zero attached hydrogens (tertiary/aromatic N) is 2. The second-order valence-electron chi connectivity index (χ2n) is 8.68. The predicted molar refractivity (Wildman–Crippen MR) is 134 cm³/mol. The lowest BCUT2D eigenvalue weighted by Crippen LogP contribution is -2.32. The second-order valence-corrected chi connectivity index (χ2v) is 8.68. The summed E-state index contributed by atoms with van der Waals surface area (Å²) >= 11 is 0. The molecule has 0 spiro atoms. The molecule has 0 aromatic heterocycles. The van der Waals surface area contributed by atoms with Gasteiger partial charge in [0.2, 0.25) is 0 Å². The Morgan fingerprint density at radius 2 is 1.71 bits per heavy atom. The van der Waals surface area contributed by atoms with Crippen LogP contribution in [0.15, 0.2) is 42.0 Å². The molecule has 1 amide bonds. The summed E-state index contributed by atoms with van der Waals surface area (Å²) < 4.78 is 16.5. The summed E-state index contributed by atoms with van der Waals surface area (Å²) in [4.78, 5) is 29.9. The SMILES string of the molecule is CCOc1ccc(C2/C(=C(/O)c3ccc(OC)c(C)c3)C(=O)C(=O)N2CCCN(C)C)cc1OC. The van der Waals surface area contributed by atoms with Gasteiger partial charge in [0.15, 0.2) is 11.5 Å². The van der Waals surface area contributed by atoms with Gasteiger partial charge < -0.3 is 29.1 Å². The van der Waals surface area contributed by atoms with Crippen LogP contribution in [0.2, 0.25) is 0 Å². The molecule has 35 heavy (non-hydrogen) atoms. The zero-order valence-electron chi connectivity index (χ0n) is 21.3. The topological polar surface area (TPSA) is 88.5 Å². The zero-order valence-corrected chi connectivity index (χ0v) is 21.3. The fourth-order valence-corrected chi connectivity index (χ4v) is 4.32. The van der Waals surface area contributed by atoms with E-state index in [1.807, 2.05) is 32.8 Å². The lowest BCUT2D eigenvalue weighted by atomic mass is 9.94. The van der Waals surface area contributed by atoms with Crippen molar-refractivity contribution >= 4 is 17.4 Å². The van der Waals surface area contributed by atoms with Gasteiger partial charge in [-0.05, 0) is 82.4 Å². The number of carbonyl (C=O) groups excluding carboxylic acids is 2. The number of aryl methyl sites for hydroxylation is 1. The van der Waals surface area contributed by atoms with Crippen molar-refractivity contribution < 1.29 is 28.9 Å². The molecule has 0 radical (unpaired) electrons. The van der Waals surface area contributed by atoms with Crippen LogP contribution in [0.3, 0.4) is 0 Å². The molecule has 2 aromatic rings. The first kappa shape index (κ1) is 26.1. The van der Waals surface area contributed by atoms with Gasteiger partial charge in [-0.1, -0.05) is 6.07 Å². The molecule has 1 heterocycles. The number of aliphatic hydroxyl groups excluding tert-OH is 1. The van der Waals surface area contributed by atoms with E-state index in [0.29, 0.717) is 47.9 Å². The molecule has 0 saturated carbocycles. The summed E-state index contributed by atoms with van der Waals surface area (Å²) in [5, 5.41) is 11.3. The number of likely N-dealkylation sites (tertiary alicyclic amines) is 1. The first-order valence-corrected chi connectivity index (χ1v) is 11.6. The van der Waals surface area contributed by atoms with Gasteiger partial charge in [0.05, 0.1) is 32.4 Å². The Morgan fingerprint density at radius 3 is 2.31 bits per heavy atom. The summed E-state index contributed by atoms with van der Waals surface area (Å²) in [6.45, 7) is 5.31. The molecular formula is C27H34N2O6. The number of hydrogen-bond donors (Lipinski definition) is 1. The number of Topliss-reactive ketones (excluding diaryl/α,β-unsaturated/α-hetero) is 1. The van der Waals surface area contributed by atoms with Crippen molar-refractivity contribution in [3.8, 4) is 17.2 Å². The number of rotatable bonds is 10. The molecule has 1 aliphatic rings. The smallest absolute Gasteiger partial charge is 0.295 e. The Bertz CT molecular complexity index is 1120. The highest BCUT2D eigenvalue weighted by Crippen LogP contribution is 2.42.